The van der Waals surface area contributed by atoms with E-state index in [0.717, 1.165) is 5.69 Å². The molecule has 0 saturated heterocycles. The fraction of sp³-hybridized carbons (Fsp3) is 0.182. The van der Waals surface area contributed by atoms with E-state index >= 15 is 0 Å². The lowest BCUT2D eigenvalue weighted by molar-refractivity contribution is -0.116. The summed E-state index contributed by atoms with van der Waals surface area (Å²) in [7, 11) is 0. The second kappa shape index (κ2) is 9.41. The summed E-state index contributed by atoms with van der Waals surface area (Å²) in [6.07, 6.45) is 1.57. The number of furan rings is 1. The molecule has 0 aliphatic carbocycles. The third-order valence-electron chi connectivity index (χ3n) is 4.26. The molecule has 0 fully saturated rings. The smallest absolute Gasteiger partial charge is 0.251 e. The fourth-order valence-corrected chi connectivity index (χ4v) is 2.84. The molecule has 0 aliphatic rings. The first kappa shape index (κ1) is 19.2. The minimum atomic E-state index is -0.203. The summed E-state index contributed by atoms with van der Waals surface area (Å²) in [4.78, 5) is 26.6. The summed E-state index contributed by atoms with van der Waals surface area (Å²) in [6, 6.07) is 20.2. The molecule has 0 aliphatic heterocycles. The average molecular weight is 377 g/mol. The van der Waals surface area contributed by atoms with Crippen LogP contribution in [0.15, 0.2) is 77.4 Å². The molecule has 0 saturated carbocycles. The topological polar surface area (TPSA) is 74.6 Å². The van der Waals surface area contributed by atoms with Crippen molar-refractivity contribution >= 4 is 23.2 Å². The highest BCUT2D eigenvalue weighted by molar-refractivity contribution is 5.97. The Bertz CT molecular complexity index is 908. The Morgan fingerprint density at radius 1 is 1.00 bits per heavy atom. The molecule has 2 aromatic carbocycles. The maximum Gasteiger partial charge on any atom is 0.251 e. The molecule has 0 bridgehead atoms. The van der Waals surface area contributed by atoms with Gasteiger partial charge >= 0.3 is 0 Å². The van der Waals surface area contributed by atoms with E-state index in [-0.39, 0.29) is 18.4 Å². The van der Waals surface area contributed by atoms with Gasteiger partial charge in [0.2, 0.25) is 5.91 Å². The SMILES string of the molecule is CCN(C(=O)CNc1cccc(C(=O)NCc2ccco2)c1)c1ccccc1. The minimum absolute atomic E-state index is 0.0404. The van der Waals surface area contributed by atoms with Crippen molar-refractivity contribution in [1.82, 2.24) is 5.32 Å². The lowest BCUT2D eigenvalue weighted by atomic mass is 10.2. The predicted octanol–water partition coefficient (Wildman–Crippen LogP) is 3.67. The molecule has 6 nitrogen and oxygen atoms in total. The summed E-state index contributed by atoms with van der Waals surface area (Å²) < 4.78 is 5.21. The normalized spacial score (nSPS) is 10.3. The monoisotopic (exact) mass is 377 g/mol. The molecule has 3 aromatic rings. The first-order chi connectivity index (χ1) is 13.7. The second-order valence-corrected chi connectivity index (χ2v) is 6.17. The van der Waals surface area contributed by atoms with Crippen LogP contribution in [0.25, 0.3) is 0 Å². The van der Waals surface area contributed by atoms with E-state index in [9.17, 15) is 9.59 Å². The second-order valence-electron chi connectivity index (χ2n) is 6.17. The van der Waals surface area contributed by atoms with Crippen LogP contribution in [0.5, 0.6) is 0 Å². The summed E-state index contributed by atoms with van der Waals surface area (Å²) in [6.45, 7) is 2.99. The number of benzene rings is 2. The highest BCUT2D eigenvalue weighted by Crippen LogP contribution is 2.15. The molecule has 3 rings (SSSR count). The number of rotatable bonds is 8. The van der Waals surface area contributed by atoms with Gasteiger partial charge in [-0.15, -0.1) is 0 Å². The molecule has 144 valence electrons. The zero-order valence-electron chi connectivity index (χ0n) is 15.7. The Labute approximate surface area is 164 Å². The van der Waals surface area contributed by atoms with Gasteiger partial charge in [-0.3, -0.25) is 9.59 Å². The number of amides is 2. The van der Waals surface area contributed by atoms with Crippen LogP contribution < -0.4 is 15.5 Å². The van der Waals surface area contributed by atoms with Crippen molar-refractivity contribution in [2.45, 2.75) is 13.5 Å². The van der Waals surface area contributed by atoms with E-state index in [1.807, 2.05) is 43.3 Å². The molecular weight excluding hydrogens is 354 g/mol. The third kappa shape index (κ3) is 5.01. The largest absolute Gasteiger partial charge is 0.467 e. The van der Waals surface area contributed by atoms with Crippen molar-refractivity contribution in [2.24, 2.45) is 0 Å². The number of carbonyl (C=O) groups excluding carboxylic acids is 2. The van der Waals surface area contributed by atoms with Crippen LogP contribution in [0, 0.1) is 0 Å². The van der Waals surface area contributed by atoms with Crippen molar-refractivity contribution in [3.05, 3.63) is 84.3 Å². The number of likely N-dealkylation sites (N-methyl/N-ethyl adjacent to an activating group) is 1. The lowest BCUT2D eigenvalue weighted by Crippen LogP contribution is -2.35. The first-order valence-electron chi connectivity index (χ1n) is 9.17. The van der Waals surface area contributed by atoms with E-state index in [0.29, 0.717) is 30.1 Å². The molecule has 28 heavy (non-hydrogen) atoms. The first-order valence-corrected chi connectivity index (χ1v) is 9.17. The summed E-state index contributed by atoms with van der Waals surface area (Å²) in [5.41, 5.74) is 2.09. The van der Waals surface area contributed by atoms with E-state index in [2.05, 4.69) is 10.6 Å². The Morgan fingerprint density at radius 3 is 2.54 bits per heavy atom. The van der Waals surface area contributed by atoms with Crippen LogP contribution >= 0.6 is 0 Å². The molecular formula is C22H23N3O3. The molecule has 0 atom stereocenters. The van der Waals surface area contributed by atoms with E-state index in [1.54, 1.807) is 41.5 Å². The van der Waals surface area contributed by atoms with Crippen LogP contribution in [0.4, 0.5) is 11.4 Å². The van der Waals surface area contributed by atoms with Crippen molar-refractivity contribution < 1.29 is 14.0 Å². The maximum atomic E-state index is 12.6. The number of hydrogen-bond acceptors (Lipinski definition) is 4. The molecule has 0 unspecified atom stereocenters. The van der Waals surface area contributed by atoms with Gasteiger partial charge in [-0.1, -0.05) is 24.3 Å². The van der Waals surface area contributed by atoms with E-state index in [4.69, 9.17) is 4.42 Å². The Morgan fingerprint density at radius 2 is 1.82 bits per heavy atom. The zero-order chi connectivity index (χ0) is 19.8. The number of carbonyl (C=O) groups is 2. The Kier molecular flexibility index (Phi) is 6.46. The van der Waals surface area contributed by atoms with E-state index in [1.165, 1.54) is 0 Å². The molecule has 0 spiro atoms. The molecule has 6 heteroatoms. The van der Waals surface area contributed by atoms with Gasteiger partial charge in [-0.05, 0) is 49.4 Å². The maximum absolute atomic E-state index is 12.6. The van der Waals surface area contributed by atoms with Gasteiger partial charge in [-0.2, -0.15) is 0 Å². The van der Waals surface area contributed by atoms with Gasteiger partial charge in [0.15, 0.2) is 0 Å². The Balaban J connectivity index is 1.58. The number of hydrogen-bond donors (Lipinski definition) is 2. The zero-order valence-corrected chi connectivity index (χ0v) is 15.7. The number of anilines is 2. The van der Waals surface area contributed by atoms with Crippen LogP contribution in [0.3, 0.4) is 0 Å². The van der Waals surface area contributed by atoms with E-state index < -0.39 is 0 Å². The van der Waals surface area contributed by atoms with Gasteiger partial charge in [0.1, 0.15) is 5.76 Å². The molecule has 1 heterocycles. The van der Waals surface area contributed by atoms with Crippen LogP contribution in [-0.4, -0.2) is 24.9 Å². The standard InChI is InChI=1S/C22H23N3O3/c1-2-25(19-10-4-3-5-11-19)21(26)16-23-18-9-6-8-17(14-18)22(27)24-15-20-12-7-13-28-20/h3-14,23H,2,15-16H2,1H3,(H,24,27). The molecule has 2 N–H and O–H groups in total. The number of para-hydroxylation sites is 1. The predicted molar refractivity (Wildman–Crippen MR) is 109 cm³/mol. The fourth-order valence-electron chi connectivity index (χ4n) is 2.84. The minimum Gasteiger partial charge on any atom is -0.467 e. The van der Waals surface area contributed by atoms with Gasteiger partial charge in [0, 0.05) is 23.5 Å². The van der Waals surface area contributed by atoms with Crippen molar-refractivity contribution in [1.29, 1.82) is 0 Å². The van der Waals surface area contributed by atoms with Crippen LogP contribution in [0.1, 0.15) is 23.0 Å². The quantitative estimate of drug-likeness (QED) is 0.628. The summed E-state index contributed by atoms with van der Waals surface area (Å²) in [5.74, 6) is 0.445. The summed E-state index contributed by atoms with van der Waals surface area (Å²) >= 11 is 0. The van der Waals surface area contributed by atoms with Crippen molar-refractivity contribution in [2.75, 3.05) is 23.3 Å². The van der Waals surface area contributed by atoms with Crippen molar-refractivity contribution in [3.63, 3.8) is 0 Å². The molecule has 2 amide bonds. The highest BCUT2D eigenvalue weighted by Gasteiger charge is 2.13. The van der Waals surface area contributed by atoms with Gasteiger partial charge in [-0.25, -0.2) is 0 Å². The van der Waals surface area contributed by atoms with Gasteiger partial charge in [0.05, 0.1) is 19.4 Å². The van der Waals surface area contributed by atoms with Crippen LogP contribution in [-0.2, 0) is 11.3 Å². The van der Waals surface area contributed by atoms with Crippen molar-refractivity contribution in [3.8, 4) is 0 Å². The summed E-state index contributed by atoms with van der Waals surface area (Å²) in [5, 5.41) is 5.91. The Hall–Kier alpha value is -3.54. The van der Waals surface area contributed by atoms with Crippen LogP contribution in [0.2, 0.25) is 0 Å². The average Bonchev–Trinajstić information content (AvgIpc) is 3.26. The highest BCUT2D eigenvalue weighted by atomic mass is 16.3. The molecule has 1 aromatic heterocycles. The molecule has 0 radical (unpaired) electrons. The lowest BCUT2D eigenvalue weighted by Gasteiger charge is -2.21. The van der Waals surface area contributed by atoms with Gasteiger partial charge in [0.25, 0.3) is 5.91 Å². The number of nitrogens with zero attached hydrogens (tertiary/aromatic N) is 1. The third-order valence-corrected chi connectivity index (χ3v) is 4.26. The number of nitrogens with one attached hydrogen (secondary N) is 2. The van der Waals surface area contributed by atoms with Gasteiger partial charge < -0.3 is 20.0 Å².